The molecule has 7 rings (SSSR count). The Morgan fingerprint density at radius 2 is 1.52 bits per heavy atom. The summed E-state index contributed by atoms with van der Waals surface area (Å²) in [6.07, 6.45) is 2.28. The average Bonchev–Trinajstić information content (AvgIpc) is 3.50. The SMILES string of the molecule is [2H]C([2H])(c1ccnc(-c2[c-]ccc3c2sc2c(-c4ccccc4)c(C(C)C)ccc23)c1)C(C)(C)C.[CH3][Ge]([CH3])([CH3])[c]1ccc(-c2[c-]cccc2)nc1.[Ir]. The van der Waals surface area contributed by atoms with Gasteiger partial charge in [0.25, 0.3) is 0 Å². The van der Waals surface area contributed by atoms with Crippen LogP contribution in [0.3, 0.4) is 0 Å². The van der Waals surface area contributed by atoms with Crippen molar-refractivity contribution in [1.82, 2.24) is 9.97 Å². The Kier molecular flexibility index (Phi) is 11.1. The number of fused-ring (bicyclic) bond motifs is 3. The zero-order valence-electron chi connectivity index (χ0n) is 32.2. The Balaban J connectivity index is 0.000000258. The molecule has 0 unspecified atom stereocenters. The third kappa shape index (κ3) is 8.72. The Hall–Kier alpha value is -3.41. The van der Waals surface area contributed by atoms with E-state index >= 15 is 0 Å². The maximum atomic E-state index is 8.75. The molecule has 50 heavy (non-hydrogen) atoms. The second-order valence-electron chi connectivity index (χ2n) is 14.9. The molecule has 0 atom stereocenters. The van der Waals surface area contributed by atoms with E-state index in [9.17, 15) is 0 Å². The van der Waals surface area contributed by atoms with Gasteiger partial charge in [0.2, 0.25) is 0 Å². The molecule has 0 bridgehead atoms. The van der Waals surface area contributed by atoms with E-state index in [0.717, 1.165) is 27.2 Å². The first kappa shape index (κ1) is 35.0. The molecule has 0 aliphatic heterocycles. The molecular formula is C45H46GeIrN2S-2. The number of benzene rings is 4. The predicted octanol–water partition coefficient (Wildman–Crippen LogP) is 12.4. The molecule has 3 aromatic heterocycles. The second kappa shape index (κ2) is 15.9. The molecule has 3 heterocycles. The van der Waals surface area contributed by atoms with Crippen molar-refractivity contribution in [3.8, 4) is 33.6 Å². The van der Waals surface area contributed by atoms with Crippen LogP contribution in [0.15, 0.2) is 116 Å². The van der Waals surface area contributed by atoms with E-state index in [1.165, 1.54) is 36.6 Å². The Bertz CT molecular complexity index is 2270. The maximum Gasteiger partial charge on any atom is 0 e. The number of aromatic nitrogens is 2. The van der Waals surface area contributed by atoms with Gasteiger partial charge < -0.3 is 4.98 Å². The van der Waals surface area contributed by atoms with Gasteiger partial charge >= 0.3 is 99.8 Å². The average molecular weight is 914 g/mol. The van der Waals surface area contributed by atoms with Crippen LogP contribution < -0.4 is 4.40 Å². The van der Waals surface area contributed by atoms with Gasteiger partial charge in [0.15, 0.2) is 0 Å². The number of pyridine rings is 2. The molecule has 0 spiro atoms. The molecule has 0 N–H and O–H groups in total. The molecular weight excluding hydrogens is 865 g/mol. The molecule has 4 aromatic carbocycles. The molecule has 1 radical (unpaired) electrons. The van der Waals surface area contributed by atoms with E-state index < -0.39 is 25.1 Å². The fraction of sp³-hybridized carbons (Fsp3) is 0.244. The van der Waals surface area contributed by atoms with Crippen LogP contribution in [0.25, 0.3) is 53.8 Å². The van der Waals surface area contributed by atoms with E-state index in [4.69, 9.17) is 2.74 Å². The Morgan fingerprint density at radius 3 is 2.16 bits per heavy atom. The van der Waals surface area contributed by atoms with Crippen LogP contribution in [0.5, 0.6) is 0 Å². The topological polar surface area (TPSA) is 25.8 Å². The molecule has 0 saturated heterocycles. The molecule has 0 saturated carbocycles. The van der Waals surface area contributed by atoms with Crippen molar-refractivity contribution in [3.05, 3.63) is 139 Å². The van der Waals surface area contributed by atoms with E-state index in [1.54, 1.807) is 23.6 Å². The summed E-state index contributed by atoms with van der Waals surface area (Å²) < 4.78 is 21.4. The van der Waals surface area contributed by atoms with Crippen LogP contribution in [0.2, 0.25) is 17.3 Å². The summed E-state index contributed by atoms with van der Waals surface area (Å²) in [7, 11) is 0. The van der Waals surface area contributed by atoms with E-state index in [-0.39, 0.29) is 20.1 Å². The molecule has 0 aliphatic carbocycles. The summed E-state index contributed by atoms with van der Waals surface area (Å²) in [6, 6.07) is 41.9. The van der Waals surface area contributed by atoms with Crippen LogP contribution in [-0.4, -0.2) is 23.2 Å². The second-order valence-corrected chi connectivity index (χ2v) is 26.6. The third-order valence-corrected chi connectivity index (χ3v) is 14.0. The van der Waals surface area contributed by atoms with Gasteiger partial charge in [-0.3, -0.25) is 0 Å². The molecule has 2 nitrogen and oxygen atoms in total. The first-order chi connectivity index (χ1) is 24.2. The quantitative estimate of drug-likeness (QED) is 0.123. The van der Waals surface area contributed by atoms with Crippen LogP contribution in [0.1, 0.15) is 54.4 Å². The van der Waals surface area contributed by atoms with E-state index in [0.29, 0.717) is 11.5 Å². The minimum absolute atomic E-state index is 0. The van der Waals surface area contributed by atoms with Crippen molar-refractivity contribution in [2.45, 2.75) is 64.2 Å². The van der Waals surface area contributed by atoms with Gasteiger partial charge in [0.1, 0.15) is 0 Å². The molecule has 0 amide bonds. The number of nitrogens with zero attached hydrogens (tertiary/aromatic N) is 2. The number of thiophene rings is 1. The van der Waals surface area contributed by atoms with Gasteiger partial charge in [-0.2, -0.15) is 11.3 Å². The normalized spacial score (nSPS) is 12.6. The van der Waals surface area contributed by atoms with E-state index in [2.05, 4.69) is 114 Å². The van der Waals surface area contributed by atoms with Gasteiger partial charge in [-0.05, 0) is 50.7 Å². The van der Waals surface area contributed by atoms with Crippen molar-refractivity contribution in [2.24, 2.45) is 5.41 Å². The number of hydrogen-bond donors (Lipinski definition) is 0. The van der Waals surface area contributed by atoms with Crippen LogP contribution >= 0.6 is 11.3 Å². The molecule has 257 valence electrons. The summed E-state index contributed by atoms with van der Waals surface area (Å²) in [5.74, 6) is 7.55. The fourth-order valence-electron chi connectivity index (χ4n) is 6.02. The molecule has 5 heteroatoms. The molecule has 7 aromatic rings. The standard InChI is InChI=1S/C31H30NS.C14H16GeN.Ir/c1-20(2)23-14-15-25-24-12-9-13-26(27-18-21(16-17-32-27)19-31(3,4)5)29(24)33-30(25)28(23)22-10-7-6-8-11-22;1-15(2,3)13-9-10-14(16-11-13)12-7-5-4-6-8-12;/h6-12,14-18,20H,19H2,1-5H3;4-7,9-11H,1-3H3;/q2*-1;/i19D2;;. The minimum Gasteiger partial charge on any atom is 0 e. The van der Waals surface area contributed by atoms with Gasteiger partial charge in [-0.1, -0.05) is 94.1 Å². The number of rotatable bonds is 6. The largest absolute Gasteiger partial charge is 0 e. The first-order valence-electron chi connectivity index (χ1n) is 18.0. The van der Waals surface area contributed by atoms with Gasteiger partial charge in [0, 0.05) is 39.3 Å². The van der Waals surface area contributed by atoms with E-state index in [1.807, 2.05) is 63.4 Å². The van der Waals surface area contributed by atoms with Crippen LogP contribution in [0, 0.1) is 17.5 Å². The van der Waals surface area contributed by atoms with Gasteiger partial charge in [-0.15, -0.1) is 23.8 Å². The van der Waals surface area contributed by atoms with Crippen LogP contribution in [0.4, 0.5) is 0 Å². The zero-order valence-corrected chi connectivity index (χ0v) is 35.5. The molecule has 0 fully saturated rings. The Labute approximate surface area is 322 Å². The summed E-state index contributed by atoms with van der Waals surface area (Å²) in [4.78, 5) is 9.19. The zero-order chi connectivity index (χ0) is 36.6. The van der Waals surface area contributed by atoms with Crippen molar-refractivity contribution in [1.29, 1.82) is 0 Å². The fourth-order valence-corrected chi connectivity index (χ4v) is 9.58. The summed E-state index contributed by atoms with van der Waals surface area (Å²) in [6.45, 7) is 10.3. The first-order valence-corrected chi connectivity index (χ1v) is 25.2. The van der Waals surface area contributed by atoms with Crippen molar-refractivity contribution >= 4 is 49.2 Å². The number of hydrogen-bond acceptors (Lipinski definition) is 3. The summed E-state index contributed by atoms with van der Waals surface area (Å²) >= 11 is 0.0742. The third-order valence-electron chi connectivity index (χ3n) is 8.47. The molecule has 0 aliphatic rings. The van der Waals surface area contributed by atoms with Crippen LogP contribution in [-0.2, 0) is 26.5 Å². The smallest absolute Gasteiger partial charge is 0 e. The van der Waals surface area contributed by atoms with Crippen molar-refractivity contribution in [3.63, 3.8) is 0 Å². The van der Waals surface area contributed by atoms with Gasteiger partial charge in [-0.25, -0.2) is 0 Å². The maximum absolute atomic E-state index is 8.75. The van der Waals surface area contributed by atoms with Crippen molar-refractivity contribution in [2.75, 3.05) is 0 Å². The van der Waals surface area contributed by atoms with Gasteiger partial charge in [0.05, 0.1) is 0 Å². The monoisotopic (exact) mass is 915 g/mol. The predicted molar refractivity (Wildman–Crippen MR) is 216 cm³/mol. The minimum atomic E-state index is -1.72. The van der Waals surface area contributed by atoms with Crippen molar-refractivity contribution < 1.29 is 22.8 Å². The summed E-state index contributed by atoms with van der Waals surface area (Å²) in [5.41, 5.74) is 7.77. The Morgan fingerprint density at radius 1 is 0.780 bits per heavy atom. The summed E-state index contributed by atoms with van der Waals surface area (Å²) in [5, 5.41) is 2.43.